The minimum Gasteiger partial charge on any atom is -0.357 e. The van der Waals surface area contributed by atoms with Crippen LogP contribution < -0.4 is 5.56 Å². The highest BCUT2D eigenvalue weighted by Crippen LogP contribution is 2.28. The Morgan fingerprint density at radius 1 is 1.03 bits per heavy atom. The molecule has 0 bridgehead atoms. The number of hydrogen-bond donors (Lipinski definition) is 1. The van der Waals surface area contributed by atoms with Crippen LogP contribution >= 0.6 is 11.6 Å². The zero-order valence-electron chi connectivity index (χ0n) is 15.7. The smallest absolute Gasteiger partial charge is 0.274 e. The van der Waals surface area contributed by atoms with Gasteiger partial charge in [-0.25, -0.2) is 17.4 Å². The van der Waals surface area contributed by atoms with Gasteiger partial charge >= 0.3 is 0 Å². The third kappa shape index (κ3) is 2.76. The van der Waals surface area contributed by atoms with Gasteiger partial charge in [-0.05, 0) is 48.5 Å². The predicted octanol–water partition coefficient (Wildman–Crippen LogP) is 3.77. The van der Waals surface area contributed by atoms with Crippen LogP contribution in [0.2, 0.25) is 5.02 Å². The lowest BCUT2D eigenvalue weighted by atomic mass is 10.1. The van der Waals surface area contributed by atoms with Gasteiger partial charge in [-0.3, -0.25) is 4.79 Å². The molecule has 0 saturated carbocycles. The Kier molecular flexibility index (Phi) is 4.09. The molecular weight excluding hydrogens is 424 g/mol. The number of fused-ring (bicyclic) bond motifs is 2. The molecule has 150 valence electrons. The average Bonchev–Trinajstić information content (AvgIpc) is 3.38. The molecule has 1 aromatic carbocycles. The second-order valence-corrected chi connectivity index (χ2v) is 9.16. The summed E-state index contributed by atoms with van der Waals surface area (Å²) in [6.45, 7) is 0. The average molecular weight is 439 g/mol. The lowest BCUT2D eigenvalue weighted by molar-refractivity contribution is 0.589. The van der Waals surface area contributed by atoms with Gasteiger partial charge in [0.25, 0.3) is 15.6 Å². The van der Waals surface area contributed by atoms with Crippen molar-refractivity contribution in [3.63, 3.8) is 0 Å². The van der Waals surface area contributed by atoms with E-state index in [9.17, 15) is 13.2 Å². The van der Waals surface area contributed by atoms with Crippen LogP contribution in [0.1, 0.15) is 0 Å². The molecule has 4 heterocycles. The first-order valence-electron chi connectivity index (χ1n) is 9.02. The summed E-state index contributed by atoms with van der Waals surface area (Å²) < 4.78 is 29.0. The Morgan fingerprint density at radius 2 is 1.80 bits per heavy atom. The van der Waals surface area contributed by atoms with Crippen molar-refractivity contribution in [3.8, 4) is 11.3 Å². The summed E-state index contributed by atoms with van der Waals surface area (Å²) in [6, 6.07) is 13.1. The largest absolute Gasteiger partial charge is 0.357 e. The first-order valence-corrected chi connectivity index (χ1v) is 10.8. The van der Waals surface area contributed by atoms with Gasteiger partial charge in [0.2, 0.25) is 0 Å². The van der Waals surface area contributed by atoms with Gasteiger partial charge in [0.1, 0.15) is 5.52 Å². The van der Waals surface area contributed by atoms with E-state index in [1.54, 1.807) is 31.6 Å². The highest BCUT2D eigenvalue weighted by molar-refractivity contribution is 7.90. The molecule has 0 aliphatic heterocycles. The van der Waals surface area contributed by atoms with Crippen LogP contribution in [0.4, 0.5) is 0 Å². The Balaban J connectivity index is 1.74. The summed E-state index contributed by atoms with van der Waals surface area (Å²) in [4.78, 5) is 20.0. The van der Waals surface area contributed by atoms with Crippen LogP contribution in [0, 0.1) is 0 Å². The third-order valence-electron chi connectivity index (χ3n) is 5.04. The number of aromatic nitrogens is 4. The van der Waals surface area contributed by atoms with Gasteiger partial charge < -0.3 is 9.55 Å². The van der Waals surface area contributed by atoms with Crippen LogP contribution in [0.3, 0.4) is 0 Å². The summed E-state index contributed by atoms with van der Waals surface area (Å²) >= 11 is 5.89. The molecular formula is C21H15ClN4O3S. The fraction of sp³-hybridized carbons (Fsp3) is 0.0476. The van der Waals surface area contributed by atoms with Crippen molar-refractivity contribution in [3.05, 3.63) is 82.5 Å². The molecule has 1 N–H and O–H groups in total. The molecule has 0 aliphatic rings. The standard InChI is InChI=1S/C21H15ClN4O3S/c1-25-12-17(16-8-10-23-19(16)21(25)27)18-7-2-13-9-11-26(20(13)24-18)30(28,29)15-5-3-14(22)4-6-15/h2-12,23H,1H3. The Labute approximate surface area is 176 Å². The van der Waals surface area contributed by atoms with E-state index in [1.807, 2.05) is 12.1 Å². The molecule has 4 aromatic heterocycles. The van der Waals surface area contributed by atoms with Crippen LogP contribution in [0.25, 0.3) is 33.2 Å². The topological polar surface area (TPSA) is 89.8 Å². The first-order chi connectivity index (χ1) is 14.4. The van der Waals surface area contributed by atoms with Crippen molar-refractivity contribution in [2.75, 3.05) is 0 Å². The molecule has 0 amide bonds. The molecule has 5 aromatic rings. The van der Waals surface area contributed by atoms with E-state index in [0.29, 0.717) is 27.3 Å². The zero-order chi connectivity index (χ0) is 21.0. The molecule has 30 heavy (non-hydrogen) atoms. The number of nitrogens with zero attached hydrogens (tertiary/aromatic N) is 3. The summed E-state index contributed by atoms with van der Waals surface area (Å²) in [6.07, 6.45) is 4.88. The minimum absolute atomic E-state index is 0.117. The van der Waals surface area contributed by atoms with Crippen LogP contribution in [-0.4, -0.2) is 26.9 Å². The van der Waals surface area contributed by atoms with Gasteiger partial charge in [0.15, 0.2) is 5.65 Å². The van der Waals surface area contributed by atoms with Gasteiger partial charge in [0, 0.05) is 47.0 Å². The van der Waals surface area contributed by atoms with Gasteiger partial charge in [-0.2, -0.15) is 0 Å². The fourth-order valence-corrected chi connectivity index (χ4v) is 4.95. The monoisotopic (exact) mass is 438 g/mol. The zero-order valence-corrected chi connectivity index (χ0v) is 17.3. The molecule has 0 unspecified atom stereocenters. The quantitative estimate of drug-likeness (QED) is 0.464. The number of nitrogens with one attached hydrogen (secondary N) is 1. The number of rotatable bonds is 3. The van der Waals surface area contributed by atoms with Crippen molar-refractivity contribution >= 4 is 43.6 Å². The number of aromatic amines is 1. The van der Waals surface area contributed by atoms with E-state index in [1.165, 1.54) is 35.0 Å². The normalized spacial score (nSPS) is 12.1. The van der Waals surface area contributed by atoms with Crippen molar-refractivity contribution in [1.82, 2.24) is 18.5 Å². The van der Waals surface area contributed by atoms with Crippen molar-refractivity contribution in [2.45, 2.75) is 4.90 Å². The van der Waals surface area contributed by atoms with E-state index >= 15 is 0 Å². The van der Waals surface area contributed by atoms with Gasteiger partial charge in [0.05, 0.1) is 10.6 Å². The summed E-state index contributed by atoms with van der Waals surface area (Å²) in [5, 5.41) is 1.87. The van der Waals surface area contributed by atoms with E-state index in [0.717, 1.165) is 14.9 Å². The van der Waals surface area contributed by atoms with Crippen molar-refractivity contribution < 1.29 is 8.42 Å². The van der Waals surface area contributed by atoms with Crippen LogP contribution in [0.15, 0.2) is 76.8 Å². The molecule has 0 radical (unpaired) electrons. The molecule has 0 saturated heterocycles. The molecule has 0 spiro atoms. The number of halogens is 1. The molecule has 0 fully saturated rings. The maximum absolute atomic E-state index is 13.2. The summed E-state index contributed by atoms with van der Waals surface area (Å²) in [5.74, 6) is 0. The lowest BCUT2D eigenvalue weighted by Gasteiger charge is -2.09. The van der Waals surface area contributed by atoms with Gasteiger partial charge in [-0.15, -0.1) is 0 Å². The van der Waals surface area contributed by atoms with Crippen LogP contribution in [0.5, 0.6) is 0 Å². The first kappa shape index (κ1) is 18.7. The van der Waals surface area contributed by atoms with E-state index in [4.69, 9.17) is 11.6 Å². The number of hydrogen-bond acceptors (Lipinski definition) is 4. The third-order valence-corrected chi connectivity index (χ3v) is 6.98. The maximum Gasteiger partial charge on any atom is 0.274 e. The number of benzene rings is 1. The second kappa shape index (κ2) is 6.58. The van der Waals surface area contributed by atoms with Crippen molar-refractivity contribution in [2.24, 2.45) is 7.05 Å². The maximum atomic E-state index is 13.2. The minimum atomic E-state index is -3.85. The fourth-order valence-electron chi connectivity index (χ4n) is 3.52. The van der Waals surface area contributed by atoms with E-state index < -0.39 is 10.0 Å². The SMILES string of the molecule is Cn1cc(-c2ccc3ccn(S(=O)(=O)c4ccc(Cl)cc4)c3n2)c2cc[nH]c2c1=O. The highest BCUT2D eigenvalue weighted by Gasteiger charge is 2.20. The highest BCUT2D eigenvalue weighted by atomic mass is 35.5. The number of pyridine rings is 2. The molecule has 5 rings (SSSR count). The Hall–Kier alpha value is -3.36. The summed E-state index contributed by atoms with van der Waals surface area (Å²) in [7, 11) is -2.19. The summed E-state index contributed by atoms with van der Waals surface area (Å²) in [5.41, 5.74) is 1.93. The van der Waals surface area contributed by atoms with Gasteiger partial charge in [-0.1, -0.05) is 11.6 Å². The molecule has 0 aliphatic carbocycles. The Morgan fingerprint density at radius 3 is 2.57 bits per heavy atom. The number of H-pyrrole nitrogens is 1. The van der Waals surface area contributed by atoms with E-state index in [2.05, 4.69) is 9.97 Å². The van der Waals surface area contributed by atoms with E-state index in [-0.39, 0.29) is 10.5 Å². The van der Waals surface area contributed by atoms with Crippen LogP contribution in [-0.2, 0) is 17.1 Å². The molecule has 7 nitrogen and oxygen atoms in total. The lowest BCUT2D eigenvalue weighted by Crippen LogP contribution is -2.16. The molecule has 0 atom stereocenters. The van der Waals surface area contributed by atoms with Crippen molar-refractivity contribution in [1.29, 1.82) is 0 Å². The number of aryl methyl sites for hydroxylation is 1. The predicted molar refractivity (Wildman–Crippen MR) is 116 cm³/mol. The molecule has 9 heteroatoms. The second-order valence-electron chi connectivity index (χ2n) is 6.91. The Bertz CT molecular complexity index is 1600.